The van der Waals surface area contributed by atoms with Crippen molar-refractivity contribution in [1.82, 2.24) is 14.9 Å². The van der Waals surface area contributed by atoms with E-state index in [4.69, 9.17) is 9.47 Å². The van der Waals surface area contributed by atoms with Crippen LogP contribution in [0.5, 0.6) is 5.75 Å². The summed E-state index contributed by atoms with van der Waals surface area (Å²) in [6.07, 6.45) is 3.91. The van der Waals surface area contributed by atoms with Crippen LogP contribution in [0.2, 0.25) is 0 Å². The number of hydrogen-bond acceptors (Lipinski definition) is 4. The molecule has 0 radical (unpaired) electrons. The molecule has 21 heavy (non-hydrogen) atoms. The predicted molar refractivity (Wildman–Crippen MR) is 85.6 cm³/mol. The number of halogens is 1. The average molecular weight is 354 g/mol. The fraction of sp³-hybridized carbons (Fsp3) is 0.400. The second-order valence-electron chi connectivity index (χ2n) is 4.68. The topological polar surface area (TPSA) is 48.3 Å². The molecule has 1 heterocycles. The summed E-state index contributed by atoms with van der Waals surface area (Å²) < 4.78 is 13.3. The molecule has 114 valence electrons. The van der Waals surface area contributed by atoms with Crippen LogP contribution in [-0.4, -0.2) is 36.9 Å². The first-order chi connectivity index (χ1) is 10.2. The summed E-state index contributed by atoms with van der Waals surface area (Å²) >= 11 is 3.50. The largest absolute Gasteiger partial charge is 0.496 e. The van der Waals surface area contributed by atoms with Crippen LogP contribution in [0.25, 0.3) is 0 Å². The standard InChI is InChI=1S/C15H20BrN3O2/c1-20-6-5-17-8-13-10-19(11-18-13)9-12-3-4-15(21-2)14(16)7-12/h3-4,7,10-11,17H,5-6,8-9H2,1-2H3. The van der Waals surface area contributed by atoms with Crippen molar-refractivity contribution >= 4 is 15.9 Å². The first-order valence-electron chi connectivity index (χ1n) is 6.75. The summed E-state index contributed by atoms with van der Waals surface area (Å²) in [6, 6.07) is 6.08. The van der Waals surface area contributed by atoms with Gasteiger partial charge < -0.3 is 19.4 Å². The Kier molecular flexibility index (Phi) is 6.22. The number of benzene rings is 1. The maximum absolute atomic E-state index is 5.23. The van der Waals surface area contributed by atoms with Crippen molar-refractivity contribution in [2.45, 2.75) is 13.1 Å². The quantitative estimate of drug-likeness (QED) is 0.740. The Hall–Kier alpha value is -1.37. The number of nitrogens with zero attached hydrogens (tertiary/aromatic N) is 2. The lowest BCUT2D eigenvalue weighted by Crippen LogP contribution is -2.18. The monoisotopic (exact) mass is 353 g/mol. The van der Waals surface area contributed by atoms with Gasteiger partial charge in [0.1, 0.15) is 5.75 Å². The maximum atomic E-state index is 5.23. The number of ether oxygens (including phenoxy) is 2. The summed E-state index contributed by atoms with van der Waals surface area (Å²) in [5, 5.41) is 3.28. The first kappa shape index (κ1) is 16.0. The molecule has 2 rings (SSSR count). The van der Waals surface area contributed by atoms with Gasteiger partial charge in [0.05, 0.1) is 30.2 Å². The zero-order valence-electron chi connectivity index (χ0n) is 12.3. The van der Waals surface area contributed by atoms with Gasteiger partial charge in [0, 0.05) is 32.9 Å². The van der Waals surface area contributed by atoms with E-state index in [-0.39, 0.29) is 0 Å². The van der Waals surface area contributed by atoms with Gasteiger partial charge >= 0.3 is 0 Å². The Morgan fingerprint density at radius 3 is 2.90 bits per heavy atom. The molecule has 0 aliphatic carbocycles. The summed E-state index contributed by atoms with van der Waals surface area (Å²) in [5.74, 6) is 0.840. The molecule has 0 amide bonds. The molecular weight excluding hydrogens is 334 g/mol. The van der Waals surface area contributed by atoms with Gasteiger partial charge in [0.15, 0.2) is 0 Å². The van der Waals surface area contributed by atoms with Crippen LogP contribution >= 0.6 is 15.9 Å². The van der Waals surface area contributed by atoms with Crippen LogP contribution in [0.3, 0.4) is 0 Å². The number of nitrogens with one attached hydrogen (secondary N) is 1. The molecule has 0 unspecified atom stereocenters. The minimum Gasteiger partial charge on any atom is -0.496 e. The second-order valence-corrected chi connectivity index (χ2v) is 5.53. The molecule has 0 bridgehead atoms. The molecule has 6 heteroatoms. The van der Waals surface area contributed by atoms with E-state index in [2.05, 4.69) is 49.1 Å². The van der Waals surface area contributed by atoms with E-state index in [1.807, 2.05) is 12.4 Å². The Bertz CT molecular complexity index is 572. The Labute approximate surface area is 133 Å². The summed E-state index contributed by atoms with van der Waals surface area (Å²) in [4.78, 5) is 4.39. The average Bonchev–Trinajstić information content (AvgIpc) is 2.91. The molecule has 0 fully saturated rings. The number of methoxy groups -OCH3 is 2. The maximum Gasteiger partial charge on any atom is 0.133 e. The van der Waals surface area contributed by atoms with Crippen LogP contribution in [0.4, 0.5) is 0 Å². The van der Waals surface area contributed by atoms with Crippen LogP contribution < -0.4 is 10.1 Å². The van der Waals surface area contributed by atoms with Gasteiger partial charge in [-0.15, -0.1) is 0 Å². The minimum atomic E-state index is 0.709. The van der Waals surface area contributed by atoms with Crippen LogP contribution in [0.1, 0.15) is 11.3 Å². The van der Waals surface area contributed by atoms with E-state index in [1.165, 1.54) is 5.56 Å². The van der Waals surface area contributed by atoms with Crippen molar-refractivity contribution in [2.24, 2.45) is 0 Å². The summed E-state index contributed by atoms with van der Waals surface area (Å²) in [7, 11) is 3.36. The van der Waals surface area contributed by atoms with Gasteiger partial charge in [-0.2, -0.15) is 0 Å². The van der Waals surface area contributed by atoms with E-state index in [0.29, 0.717) is 6.61 Å². The number of aromatic nitrogens is 2. The Balaban J connectivity index is 1.91. The molecule has 0 saturated heterocycles. The molecular formula is C15H20BrN3O2. The highest BCUT2D eigenvalue weighted by Gasteiger charge is 2.03. The number of imidazole rings is 1. The van der Waals surface area contributed by atoms with E-state index < -0.39 is 0 Å². The zero-order valence-corrected chi connectivity index (χ0v) is 13.9. The second kappa shape index (κ2) is 8.17. The molecule has 1 N–H and O–H groups in total. The van der Waals surface area contributed by atoms with Gasteiger partial charge in [0.25, 0.3) is 0 Å². The van der Waals surface area contributed by atoms with Crippen molar-refractivity contribution in [3.63, 3.8) is 0 Å². The predicted octanol–water partition coefficient (Wildman–Crippen LogP) is 2.44. The van der Waals surface area contributed by atoms with Gasteiger partial charge in [-0.25, -0.2) is 4.98 Å². The van der Waals surface area contributed by atoms with Gasteiger partial charge in [-0.1, -0.05) is 6.07 Å². The van der Waals surface area contributed by atoms with Gasteiger partial charge in [-0.05, 0) is 33.6 Å². The third-order valence-corrected chi connectivity index (χ3v) is 3.68. The molecule has 5 nitrogen and oxygen atoms in total. The lowest BCUT2D eigenvalue weighted by Gasteiger charge is -2.07. The highest BCUT2D eigenvalue weighted by molar-refractivity contribution is 9.10. The van der Waals surface area contributed by atoms with E-state index in [9.17, 15) is 0 Å². The minimum absolute atomic E-state index is 0.709. The van der Waals surface area contributed by atoms with Crippen molar-refractivity contribution < 1.29 is 9.47 Å². The smallest absolute Gasteiger partial charge is 0.133 e. The van der Waals surface area contributed by atoms with Crippen LogP contribution in [0, 0.1) is 0 Å². The molecule has 0 aliphatic heterocycles. The zero-order chi connectivity index (χ0) is 15.1. The fourth-order valence-electron chi connectivity index (χ4n) is 1.99. The van der Waals surface area contributed by atoms with Crippen LogP contribution in [0.15, 0.2) is 35.2 Å². The van der Waals surface area contributed by atoms with Crippen LogP contribution in [-0.2, 0) is 17.8 Å². The van der Waals surface area contributed by atoms with E-state index in [0.717, 1.165) is 35.6 Å². The normalized spacial score (nSPS) is 10.8. The van der Waals surface area contributed by atoms with Crippen molar-refractivity contribution in [3.05, 3.63) is 46.5 Å². The van der Waals surface area contributed by atoms with Gasteiger partial charge in [-0.3, -0.25) is 0 Å². The van der Waals surface area contributed by atoms with Gasteiger partial charge in [0.2, 0.25) is 0 Å². The fourth-order valence-corrected chi connectivity index (χ4v) is 2.58. The molecule has 2 aromatic rings. The third-order valence-electron chi connectivity index (χ3n) is 3.06. The molecule has 0 saturated carbocycles. The first-order valence-corrected chi connectivity index (χ1v) is 7.55. The Morgan fingerprint density at radius 1 is 1.33 bits per heavy atom. The van der Waals surface area contributed by atoms with Crippen molar-refractivity contribution in [1.29, 1.82) is 0 Å². The molecule has 1 aromatic heterocycles. The Morgan fingerprint density at radius 2 is 2.19 bits per heavy atom. The summed E-state index contributed by atoms with van der Waals surface area (Å²) in [6.45, 7) is 3.08. The molecule has 0 atom stereocenters. The lowest BCUT2D eigenvalue weighted by atomic mass is 10.2. The van der Waals surface area contributed by atoms with E-state index >= 15 is 0 Å². The van der Waals surface area contributed by atoms with E-state index in [1.54, 1.807) is 14.2 Å². The SMILES string of the molecule is COCCNCc1cn(Cc2ccc(OC)c(Br)c2)cn1. The van der Waals surface area contributed by atoms with Crippen molar-refractivity contribution in [3.8, 4) is 5.75 Å². The third kappa shape index (κ3) is 4.84. The van der Waals surface area contributed by atoms with Crippen molar-refractivity contribution in [2.75, 3.05) is 27.4 Å². The number of rotatable bonds is 8. The molecule has 0 spiro atoms. The molecule has 0 aliphatic rings. The summed E-state index contributed by atoms with van der Waals surface area (Å²) in [5.41, 5.74) is 2.22. The highest BCUT2D eigenvalue weighted by Crippen LogP contribution is 2.25. The molecule has 1 aromatic carbocycles. The lowest BCUT2D eigenvalue weighted by molar-refractivity contribution is 0.199. The highest BCUT2D eigenvalue weighted by atomic mass is 79.9. The number of hydrogen-bond donors (Lipinski definition) is 1.